The van der Waals surface area contributed by atoms with Gasteiger partial charge in [-0.3, -0.25) is 4.79 Å². The molecule has 7 heteroatoms. The van der Waals surface area contributed by atoms with Crippen molar-refractivity contribution in [3.8, 4) is 0 Å². The molecule has 0 atom stereocenters. The van der Waals surface area contributed by atoms with Crippen LogP contribution < -0.4 is 11.1 Å². The molecule has 0 unspecified atom stereocenters. The molecule has 3 N–H and O–H groups in total. The molecule has 2 aromatic carbocycles. The highest BCUT2D eigenvalue weighted by Gasteiger charge is 2.18. The summed E-state index contributed by atoms with van der Waals surface area (Å²) in [5.74, 6) is 0.116. The lowest BCUT2D eigenvalue weighted by Gasteiger charge is -2.03. The van der Waals surface area contributed by atoms with Gasteiger partial charge >= 0.3 is 0 Å². The zero-order valence-electron chi connectivity index (χ0n) is 12.7. The van der Waals surface area contributed by atoms with E-state index in [-0.39, 0.29) is 11.6 Å². The molecule has 0 radical (unpaired) electrons. The number of hydrogen-bond acceptors (Lipinski definition) is 6. The fourth-order valence-electron chi connectivity index (χ4n) is 2.13. The number of benzene rings is 2. The number of thioether (sulfide) groups is 1. The Bertz CT molecular complexity index is 895. The van der Waals surface area contributed by atoms with E-state index >= 15 is 0 Å². The van der Waals surface area contributed by atoms with Gasteiger partial charge in [0.05, 0.1) is 0 Å². The summed E-state index contributed by atoms with van der Waals surface area (Å²) in [6.07, 6.45) is 2.02. The van der Waals surface area contributed by atoms with Gasteiger partial charge in [-0.15, -0.1) is 11.8 Å². The molecule has 0 fully saturated rings. The first-order valence-corrected chi connectivity index (χ1v) is 9.88. The molecule has 1 heterocycles. The van der Waals surface area contributed by atoms with Crippen molar-refractivity contribution in [2.75, 3.05) is 17.3 Å². The second-order valence-electron chi connectivity index (χ2n) is 4.93. The van der Waals surface area contributed by atoms with Crippen molar-refractivity contribution >= 4 is 61.4 Å². The first-order chi connectivity index (χ1) is 11.6. The summed E-state index contributed by atoms with van der Waals surface area (Å²) < 4.78 is 0.851. The lowest BCUT2D eigenvalue weighted by atomic mass is 10.1. The number of nitrogens with two attached hydrogens (primary N) is 1. The van der Waals surface area contributed by atoms with E-state index in [2.05, 4.69) is 26.2 Å². The van der Waals surface area contributed by atoms with Crippen LogP contribution in [-0.4, -0.2) is 17.0 Å². The summed E-state index contributed by atoms with van der Waals surface area (Å²) in [6.45, 7) is 0. The summed E-state index contributed by atoms with van der Waals surface area (Å²) in [6, 6.07) is 15.2. The van der Waals surface area contributed by atoms with Crippen LogP contribution in [0.25, 0.3) is 0 Å². The van der Waals surface area contributed by atoms with E-state index in [0.717, 1.165) is 15.1 Å². The fraction of sp³-hybridized carbons (Fsp3) is 0.0588. The highest BCUT2D eigenvalue weighted by Crippen LogP contribution is 2.31. The predicted octanol–water partition coefficient (Wildman–Crippen LogP) is 5.18. The Hall–Kier alpha value is -1.83. The van der Waals surface area contributed by atoms with Crippen molar-refractivity contribution < 1.29 is 4.79 Å². The Balaban J connectivity index is 1.86. The topological polar surface area (TPSA) is 68.0 Å². The SMILES string of the molecule is CSc1cccc(Nc2nc(N)c(C(=O)c3cccc(Br)c3)s2)c1. The largest absolute Gasteiger partial charge is 0.382 e. The lowest BCUT2D eigenvalue weighted by Crippen LogP contribution is -2.02. The molecular weight excluding hydrogens is 406 g/mol. The Morgan fingerprint density at radius 3 is 2.79 bits per heavy atom. The number of rotatable bonds is 5. The van der Waals surface area contributed by atoms with Gasteiger partial charge in [0.1, 0.15) is 10.7 Å². The number of hydrogen-bond donors (Lipinski definition) is 2. The zero-order valence-corrected chi connectivity index (χ0v) is 16.0. The van der Waals surface area contributed by atoms with E-state index in [1.165, 1.54) is 11.3 Å². The lowest BCUT2D eigenvalue weighted by molar-refractivity contribution is 0.104. The number of thiazole rings is 1. The minimum absolute atomic E-state index is 0.128. The molecule has 0 saturated heterocycles. The molecule has 3 aromatic rings. The average Bonchev–Trinajstić information content (AvgIpc) is 2.94. The van der Waals surface area contributed by atoms with Crippen LogP contribution in [0.4, 0.5) is 16.6 Å². The standard InChI is InChI=1S/C17H14BrN3OS2/c1-23-13-7-3-6-12(9-13)20-17-21-16(19)15(24-17)14(22)10-4-2-5-11(18)8-10/h2-9H,19H2,1H3,(H,20,21). The van der Waals surface area contributed by atoms with Gasteiger partial charge in [-0.2, -0.15) is 0 Å². The number of ketones is 1. The normalized spacial score (nSPS) is 10.6. The summed E-state index contributed by atoms with van der Waals surface area (Å²) >= 11 is 6.30. The van der Waals surface area contributed by atoms with Gasteiger partial charge in [0.15, 0.2) is 5.13 Å². The molecular formula is C17H14BrN3OS2. The number of anilines is 3. The highest BCUT2D eigenvalue weighted by molar-refractivity contribution is 9.10. The number of carbonyl (C=O) groups is 1. The first-order valence-electron chi connectivity index (χ1n) is 7.04. The Morgan fingerprint density at radius 1 is 1.25 bits per heavy atom. The quantitative estimate of drug-likeness (QED) is 0.440. The van der Waals surface area contributed by atoms with E-state index in [9.17, 15) is 4.79 Å². The minimum atomic E-state index is -0.128. The van der Waals surface area contributed by atoms with Crippen LogP contribution >= 0.6 is 39.0 Å². The van der Waals surface area contributed by atoms with E-state index in [1.807, 2.05) is 42.7 Å². The summed E-state index contributed by atoms with van der Waals surface area (Å²) in [5.41, 5.74) is 7.44. The van der Waals surface area contributed by atoms with Gasteiger partial charge in [-0.25, -0.2) is 4.98 Å². The molecule has 1 aromatic heterocycles. The van der Waals surface area contributed by atoms with Crippen LogP contribution in [0.1, 0.15) is 15.2 Å². The van der Waals surface area contributed by atoms with E-state index in [0.29, 0.717) is 15.6 Å². The molecule has 0 aliphatic rings. The maximum absolute atomic E-state index is 12.6. The molecule has 24 heavy (non-hydrogen) atoms. The van der Waals surface area contributed by atoms with Crippen molar-refractivity contribution in [3.05, 3.63) is 63.4 Å². The molecule has 0 aliphatic heterocycles. The van der Waals surface area contributed by atoms with Crippen LogP contribution in [0.5, 0.6) is 0 Å². The molecule has 0 aliphatic carbocycles. The number of halogens is 1. The monoisotopic (exact) mass is 419 g/mol. The van der Waals surface area contributed by atoms with Crippen LogP contribution in [0.15, 0.2) is 57.9 Å². The van der Waals surface area contributed by atoms with Crippen molar-refractivity contribution in [2.45, 2.75) is 4.90 Å². The maximum atomic E-state index is 12.6. The van der Waals surface area contributed by atoms with Crippen molar-refractivity contribution in [1.29, 1.82) is 0 Å². The Labute approximate surface area is 156 Å². The minimum Gasteiger partial charge on any atom is -0.382 e. The van der Waals surface area contributed by atoms with E-state index in [1.54, 1.807) is 23.9 Å². The van der Waals surface area contributed by atoms with Crippen molar-refractivity contribution in [2.24, 2.45) is 0 Å². The average molecular weight is 420 g/mol. The third kappa shape index (κ3) is 3.80. The number of nitrogens with one attached hydrogen (secondary N) is 1. The molecule has 3 rings (SSSR count). The second kappa shape index (κ2) is 7.38. The van der Waals surface area contributed by atoms with E-state index < -0.39 is 0 Å². The Kier molecular flexibility index (Phi) is 5.23. The van der Waals surface area contributed by atoms with Gasteiger partial charge in [0.2, 0.25) is 5.78 Å². The molecule has 0 amide bonds. The van der Waals surface area contributed by atoms with Crippen LogP contribution in [-0.2, 0) is 0 Å². The highest BCUT2D eigenvalue weighted by atomic mass is 79.9. The van der Waals surface area contributed by atoms with Gasteiger partial charge in [0, 0.05) is 20.6 Å². The molecule has 122 valence electrons. The third-order valence-electron chi connectivity index (χ3n) is 3.27. The fourth-order valence-corrected chi connectivity index (χ4v) is 3.86. The van der Waals surface area contributed by atoms with Crippen molar-refractivity contribution in [3.63, 3.8) is 0 Å². The van der Waals surface area contributed by atoms with Crippen LogP contribution in [0.3, 0.4) is 0 Å². The first kappa shape index (κ1) is 17.0. The Morgan fingerprint density at radius 2 is 2.04 bits per heavy atom. The van der Waals surface area contributed by atoms with Gasteiger partial charge in [0.25, 0.3) is 0 Å². The van der Waals surface area contributed by atoms with Gasteiger partial charge in [-0.05, 0) is 36.6 Å². The zero-order chi connectivity index (χ0) is 17.1. The van der Waals surface area contributed by atoms with Gasteiger partial charge < -0.3 is 11.1 Å². The maximum Gasteiger partial charge on any atom is 0.206 e. The molecule has 4 nitrogen and oxygen atoms in total. The summed E-state index contributed by atoms with van der Waals surface area (Å²) in [7, 11) is 0. The van der Waals surface area contributed by atoms with Crippen LogP contribution in [0.2, 0.25) is 0 Å². The predicted molar refractivity (Wildman–Crippen MR) is 106 cm³/mol. The van der Waals surface area contributed by atoms with Crippen LogP contribution in [0, 0.1) is 0 Å². The third-order valence-corrected chi connectivity index (χ3v) is 5.47. The summed E-state index contributed by atoms with van der Waals surface area (Å²) in [4.78, 5) is 18.5. The molecule has 0 bridgehead atoms. The molecule has 0 saturated carbocycles. The van der Waals surface area contributed by atoms with Gasteiger partial charge in [-0.1, -0.05) is 45.5 Å². The second-order valence-corrected chi connectivity index (χ2v) is 7.72. The van der Waals surface area contributed by atoms with Crippen molar-refractivity contribution in [1.82, 2.24) is 4.98 Å². The molecule has 0 spiro atoms. The smallest absolute Gasteiger partial charge is 0.206 e. The van der Waals surface area contributed by atoms with E-state index in [4.69, 9.17) is 5.73 Å². The number of aromatic nitrogens is 1. The summed E-state index contributed by atoms with van der Waals surface area (Å²) in [5, 5.41) is 3.81. The number of nitrogens with zero attached hydrogens (tertiary/aromatic N) is 1. The number of nitrogen functional groups attached to an aromatic ring is 1. The number of carbonyl (C=O) groups excluding carboxylic acids is 1.